The van der Waals surface area contributed by atoms with Gasteiger partial charge in [0.05, 0.1) is 0 Å². The molecule has 0 aliphatic rings. The third kappa shape index (κ3) is 4.73. The first-order chi connectivity index (χ1) is 9.11. The highest BCUT2D eigenvalue weighted by Gasteiger charge is 2.48. The maximum atomic E-state index is 11.5. The summed E-state index contributed by atoms with van der Waals surface area (Å²) in [6, 6.07) is 0. The highest BCUT2D eigenvalue weighted by atomic mass is 16.4. The van der Waals surface area contributed by atoms with E-state index in [-0.39, 0.29) is 12.8 Å². The van der Waals surface area contributed by atoms with Gasteiger partial charge in [0.15, 0.2) is 5.66 Å². The van der Waals surface area contributed by atoms with E-state index in [9.17, 15) is 19.8 Å². The van der Waals surface area contributed by atoms with Crippen LogP contribution in [0.4, 0.5) is 0 Å². The van der Waals surface area contributed by atoms with Gasteiger partial charge in [0.2, 0.25) is 0 Å². The molecule has 0 aromatic carbocycles. The van der Waals surface area contributed by atoms with E-state index in [1.165, 1.54) is 6.92 Å². The van der Waals surface area contributed by atoms with Crippen LogP contribution in [0.1, 0.15) is 52.9 Å². The van der Waals surface area contributed by atoms with Crippen molar-refractivity contribution in [1.82, 2.24) is 4.90 Å². The summed E-state index contributed by atoms with van der Waals surface area (Å²) in [6.07, 6.45) is 2.48. The van der Waals surface area contributed by atoms with E-state index in [2.05, 4.69) is 0 Å². The first-order valence-electron chi connectivity index (χ1n) is 6.86. The van der Waals surface area contributed by atoms with E-state index in [4.69, 9.17) is 10.8 Å². The molecular formula is C13H26N2O5. The number of carbonyl (C=O) groups is 2. The molecule has 0 amide bonds. The van der Waals surface area contributed by atoms with Crippen LogP contribution < -0.4 is 5.73 Å². The van der Waals surface area contributed by atoms with Gasteiger partial charge in [-0.15, -0.1) is 0 Å². The lowest BCUT2D eigenvalue weighted by Crippen LogP contribution is -2.69. The fourth-order valence-corrected chi connectivity index (χ4v) is 2.07. The van der Waals surface area contributed by atoms with Gasteiger partial charge in [0.25, 0.3) is 0 Å². The molecule has 0 saturated carbocycles. The van der Waals surface area contributed by atoms with E-state index >= 15 is 0 Å². The summed E-state index contributed by atoms with van der Waals surface area (Å²) in [6.45, 7) is 4.36. The van der Waals surface area contributed by atoms with E-state index in [1.54, 1.807) is 6.92 Å². The van der Waals surface area contributed by atoms with E-state index < -0.39 is 29.9 Å². The van der Waals surface area contributed by atoms with Crippen LogP contribution in [0.2, 0.25) is 0 Å². The number of carboxylic acids is 2. The van der Waals surface area contributed by atoms with Gasteiger partial charge >= 0.3 is 11.9 Å². The highest BCUT2D eigenvalue weighted by Crippen LogP contribution is 2.27. The highest BCUT2D eigenvalue weighted by molar-refractivity contribution is 5.79. The first-order valence-corrected chi connectivity index (χ1v) is 6.86. The number of hydrogen-bond acceptors (Lipinski definition) is 5. The fraction of sp³-hybridized carbons (Fsp3) is 0.846. The maximum Gasteiger partial charge on any atom is 0.339 e. The van der Waals surface area contributed by atoms with Crippen molar-refractivity contribution in [1.29, 1.82) is 0 Å². The lowest BCUT2D eigenvalue weighted by atomic mass is 9.96. The third-order valence-corrected chi connectivity index (χ3v) is 3.56. The Hall–Kier alpha value is -1.18. The van der Waals surface area contributed by atoms with Crippen LogP contribution in [0.25, 0.3) is 0 Å². The van der Waals surface area contributed by atoms with Crippen LogP contribution in [0.3, 0.4) is 0 Å². The topological polar surface area (TPSA) is 124 Å². The minimum atomic E-state index is -1.90. The summed E-state index contributed by atoms with van der Waals surface area (Å²) < 4.78 is 0. The number of aliphatic hydroxyl groups is 1. The summed E-state index contributed by atoms with van der Waals surface area (Å²) in [5.41, 5.74) is 2.44. The Labute approximate surface area is 119 Å². The van der Waals surface area contributed by atoms with Crippen LogP contribution in [-0.2, 0) is 9.59 Å². The largest absolute Gasteiger partial charge is 0.480 e. The van der Waals surface area contributed by atoms with Gasteiger partial charge in [-0.1, -0.05) is 26.7 Å². The minimum Gasteiger partial charge on any atom is -0.480 e. The summed E-state index contributed by atoms with van der Waals surface area (Å²) in [7, 11) is 0. The molecule has 0 aromatic heterocycles. The van der Waals surface area contributed by atoms with Gasteiger partial charge in [-0.2, -0.15) is 0 Å². The average molecular weight is 290 g/mol. The summed E-state index contributed by atoms with van der Waals surface area (Å²) in [5.74, 6) is -2.56. The van der Waals surface area contributed by atoms with Crippen molar-refractivity contribution in [2.45, 2.75) is 64.3 Å². The van der Waals surface area contributed by atoms with Crippen molar-refractivity contribution in [3.8, 4) is 0 Å². The molecule has 5 N–H and O–H groups in total. The molecule has 0 radical (unpaired) electrons. The van der Waals surface area contributed by atoms with Gasteiger partial charge in [-0.25, -0.2) is 9.69 Å². The Morgan fingerprint density at radius 3 is 2.10 bits per heavy atom. The van der Waals surface area contributed by atoms with Gasteiger partial charge < -0.3 is 21.1 Å². The zero-order chi connectivity index (χ0) is 16.0. The average Bonchev–Trinajstić information content (AvgIpc) is 2.35. The maximum absolute atomic E-state index is 11.5. The van der Waals surface area contributed by atoms with Crippen molar-refractivity contribution >= 4 is 11.9 Å². The molecule has 0 spiro atoms. The molecule has 118 valence electrons. The number of nitrogens with zero attached hydrogens (tertiary/aromatic N) is 1. The molecule has 0 saturated heterocycles. The van der Waals surface area contributed by atoms with E-state index in [1.807, 2.05) is 6.92 Å². The lowest BCUT2D eigenvalue weighted by molar-refractivity contribution is -0.187. The van der Waals surface area contributed by atoms with Crippen molar-refractivity contribution in [2.75, 3.05) is 6.54 Å². The van der Waals surface area contributed by atoms with E-state index in [0.29, 0.717) is 6.42 Å². The SMILES string of the molecule is CCCCCC(N)(C(=O)O)N(CC(=O)O)C(C)(O)CC. The second kappa shape index (κ2) is 7.56. The quantitative estimate of drug-likeness (QED) is 0.346. The number of carboxylic acid groups (broad SMARTS) is 2. The number of nitrogens with two attached hydrogens (primary N) is 1. The van der Waals surface area contributed by atoms with Crippen molar-refractivity contribution in [3.63, 3.8) is 0 Å². The second-order valence-electron chi connectivity index (χ2n) is 5.24. The second-order valence-corrected chi connectivity index (χ2v) is 5.24. The smallest absolute Gasteiger partial charge is 0.339 e. The molecule has 0 bridgehead atoms. The lowest BCUT2D eigenvalue weighted by Gasteiger charge is -2.45. The molecule has 20 heavy (non-hydrogen) atoms. The number of unbranched alkanes of at least 4 members (excludes halogenated alkanes) is 2. The van der Waals surface area contributed by atoms with Crippen LogP contribution in [0, 0.1) is 0 Å². The summed E-state index contributed by atoms with van der Waals surface area (Å²) in [5, 5.41) is 28.7. The molecular weight excluding hydrogens is 264 g/mol. The van der Waals surface area contributed by atoms with Crippen LogP contribution in [0.5, 0.6) is 0 Å². The van der Waals surface area contributed by atoms with Crippen molar-refractivity contribution < 1.29 is 24.9 Å². The number of rotatable bonds is 10. The molecule has 0 aromatic rings. The molecule has 7 nitrogen and oxygen atoms in total. The van der Waals surface area contributed by atoms with Crippen molar-refractivity contribution in [3.05, 3.63) is 0 Å². The normalized spacial score (nSPS) is 17.5. The van der Waals surface area contributed by atoms with Gasteiger partial charge in [-0.05, 0) is 26.2 Å². The predicted octanol–water partition coefficient (Wildman–Crippen LogP) is 0.811. The van der Waals surface area contributed by atoms with Crippen LogP contribution >= 0.6 is 0 Å². The zero-order valence-electron chi connectivity index (χ0n) is 12.4. The van der Waals surface area contributed by atoms with Crippen LogP contribution in [-0.4, -0.2) is 50.1 Å². The third-order valence-electron chi connectivity index (χ3n) is 3.56. The standard InChI is InChI=1S/C13H26N2O5/c1-4-6-7-8-13(14,11(18)19)15(9-10(16)17)12(3,20)5-2/h20H,4-9,14H2,1-3H3,(H,16,17)(H,18,19). The zero-order valence-corrected chi connectivity index (χ0v) is 12.4. The molecule has 0 aliphatic carbocycles. The molecule has 2 atom stereocenters. The fourth-order valence-electron chi connectivity index (χ4n) is 2.07. The Bertz CT molecular complexity index is 346. The number of aliphatic carboxylic acids is 2. The Morgan fingerprint density at radius 1 is 1.20 bits per heavy atom. The monoisotopic (exact) mass is 290 g/mol. The van der Waals surface area contributed by atoms with Gasteiger partial charge in [-0.3, -0.25) is 4.79 Å². The van der Waals surface area contributed by atoms with Gasteiger partial charge in [0.1, 0.15) is 12.3 Å². The molecule has 0 rings (SSSR count). The Morgan fingerprint density at radius 2 is 1.75 bits per heavy atom. The van der Waals surface area contributed by atoms with Crippen LogP contribution in [0.15, 0.2) is 0 Å². The van der Waals surface area contributed by atoms with Crippen molar-refractivity contribution in [2.24, 2.45) is 5.73 Å². The Balaban J connectivity index is 5.40. The number of hydrogen-bond donors (Lipinski definition) is 4. The predicted molar refractivity (Wildman–Crippen MR) is 74.0 cm³/mol. The molecule has 0 fully saturated rings. The summed E-state index contributed by atoms with van der Waals surface area (Å²) in [4.78, 5) is 23.5. The van der Waals surface area contributed by atoms with Gasteiger partial charge in [0, 0.05) is 0 Å². The molecule has 0 aliphatic heterocycles. The molecule has 0 heterocycles. The first kappa shape index (κ1) is 18.8. The Kier molecular flexibility index (Phi) is 7.12. The molecule has 7 heteroatoms. The minimum absolute atomic E-state index is 0.0829. The van der Waals surface area contributed by atoms with E-state index in [0.717, 1.165) is 17.7 Å². The molecule has 2 unspecified atom stereocenters. The summed E-state index contributed by atoms with van der Waals surface area (Å²) >= 11 is 0.